The van der Waals surface area contributed by atoms with E-state index in [0.717, 1.165) is 10.6 Å². The average Bonchev–Trinajstić information content (AvgIpc) is 2.08. The van der Waals surface area contributed by atoms with Gasteiger partial charge in [0, 0.05) is 18.3 Å². The first-order valence-electron chi connectivity index (χ1n) is 3.83. The van der Waals surface area contributed by atoms with Crippen molar-refractivity contribution in [2.24, 2.45) is 0 Å². The molecule has 0 spiro atoms. The van der Waals surface area contributed by atoms with Crippen molar-refractivity contribution in [3.63, 3.8) is 0 Å². The SMILES string of the molecule is [B]COc1ccc(SC(C)=O)cc1. The molecular formula is C9H9BO2S. The molecule has 0 unspecified atom stereocenters. The van der Waals surface area contributed by atoms with Crippen molar-refractivity contribution < 1.29 is 9.53 Å². The molecule has 0 saturated carbocycles. The van der Waals surface area contributed by atoms with Crippen molar-refractivity contribution in [2.45, 2.75) is 11.8 Å². The quantitative estimate of drug-likeness (QED) is 0.539. The summed E-state index contributed by atoms with van der Waals surface area (Å²) in [5, 5.41) is 0.0764. The van der Waals surface area contributed by atoms with E-state index < -0.39 is 0 Å². The Labute approximate surface area is 83.1 Å². The largest absolute Gasteiger partial charge is 0.504 e. The van der Waals surface area contributed by atoms with Gasteiger partial charge in [-0.3, -0.25) is 4.79 Å². The number of hydrogen-bond donors (Lipinski definition) is 0. The lowest BCUT2D eigenvalue weighted by Gasteiger charge is -2.03. The molecule has 0 aromatic heterocycles. The maximum Gasteiger partial charge on any atom is 0.190 e. The molecule has 0 aliphatic rings. The summed E-state index contributed by atoms with van der Waals surface area (Å²) in [6.07, 6.45) is 0. The predicted octanol–water partition coefficient (Wildman–Crippen LogP) is 1.83. The summed E-state index contributed by atoms with van der Waals surface area (Å²) in [6, 6.07) is 7.24. The maximum absolute atomic E-state index is 10.7. The van der Waals surface area contributed by atoms with E-state index in [1.54, 1.807) is 12.1 Å². The molecule has 4 heteroatoms. The highest BCUT2D eigenvalue weighted by Gasteiger charge is 1.98. The molecule has 0 atom stereocenters. The number of thioether (sulfide) groups is 1. The van der Waals surface area contributed by atoms with Gasteiger partial charge in [-0.1, -0.05) is 11.8 Å². The Hall–Kier alpha value is -0.895. The van der Waals surface area contributed by atoms with Gasteiger partial charge in [0.05, 0.1) is 0 Å². The minimum absolute atomic E-state index is 0.0764. The van der Waals surface area contributed by atoms with Gasteiger partial charge in [-0.05, 0) is 24.3 Å². The molecule has 0 saturated heterocycles. The molecular weight excluding hydrogens is 183 g/mol. The summed E-state index contributed by atoms with van der Waals surface area (Å²) in [4.78, 5) is 11.6. The molecule has 2 radical (unpaired) electrons. The highest BCUT2D eigenvalue weighted by molar-refractivity contribution is 8.13. The van der Waals surface area contributed by atoms with Gasteiger partial charge in [-0.25, -0.2) is 0 Å². The van der Waals surface area contributed by atoms with E-state index in [2.05, 4.69) is 0 Å². The third kappa shape index (κ3) is 3.55. The van der Waals surface area contributed by atoms with Crippen LogP contribution < -0.4 is 4.74 Å². The van der Waals surface area contributed by atoms with E-state index in [4.69, 9.17) is 12.6 Å². The molecule has 0 heterocycles. The lowest BCUT2D eigenvalue weighted by molar-refractivity contribution is -0.109. The van der Waals surface area contributed by atoms with Gasteiger partial charge in [0.15, 0.2) is 5.12 Å². The summed E-state index contributed by atoms with van der Waals surface area (Å²) in [5.74, 6) is 0.718. The first-order chi connectivity index (χ1) is 6.22. The maximum atomic E-state index is 10.7. The van der Waals surface area contributed by atoms with Gasteiger partial charge in [-0.2, -0.15) is 0 Å². The van der Waals surface area contributed by atoms with Crippen LogP contribution in [0, 0.1) is 0 Å². The van der Waals surface area contributed by atoms with Crippen molar-refractivity contribution in [3.05, 3.63) is 24.3 Å². The zero-order valence-electron chi connectivity index (χ0n) is 7.32. The summed E-state index contributed by atoms with van der Waals surface area (Å²) < 4.78 is 5.05. The summed E-state index contributed by atoms with van der Waals surface area (Å²) in [5.41, 5.74) is 0. The van der Waals surface area contributed by atoms with Gasteiger partial charge < -0.3 is 4.74 Å². The van der Waals surface area contributed by atoms with E-state index in [1.807, 2.05) is 12.1 Å². The van der Waals surface area contributed by atoms with Crippen molar-refractivity contribution in [1.82, 2.24) is 0 Å². The van der Waals surface area contributed by atoms with Crippen LogP contribution in [0.3, 0.4) is 0 Å². The van der Waals surface area contributed by atoms with E-state index in [-0.39, 0.29) is 11.6 Å². The molecule has 1 rings (SSSR count). The molecule has 0 amide bonds. The second-order valence-electron chi connectivity index (χ2n) is 2.38. The molecule has 0 bridgehead atoms. The van der Waals surface area contributed by atoms with Gasteiger partial charge >= 0.3 is 0 Å². The first-order valence-corrected chi connectivity index (χ1v) is 4.65. The topological polar surface area (TPSA) is 26.3 Å². The summed E-state index contributed by atoms with van der Waals surface area (Å²) in [6.45, 7) is 1.70. The van der Waals surface area contributed by atoms with Crippen LogP contribution in [0.1, 0.15) is 6.92 Å². The molecule has 0 fully saturated rings. The minimum Gasteiger partial charge on any atom is -0.504 e. The zero-order chi connectivity index (χ0) is 9.68. The number of carbonyl (C=O) groups is 1. The molecule has 1 aromatic carbocycles. The van der Waals surface area contributed by atoms with Crippen LogP contribution in [0.5, 0.6) is 5.75 Å². The summed E-state index contributed by atoms with van der Waals surface area (Å²) >= 11 is 1.20. The molecule has 0 aliphatic carbocycles. The van der Waals surface area contributed by atoms with Crippen LogP contribution in [0.4, 0.5) is 0 Å². The monoisotopic (exact) mass is 192 g/mol. The molecule has 2 nitrogen and oxygen atoms in total. The van der Waals surface area contributed by atoms with Gasteiger partial charge in [0.1, 0.15) is 13.6 Å². The van der Waals surface area contributed by atoms with E-state index in [9.17, 15) is 4.79 Å². The number of benzene rings is 1. The molecule has 66 valence electrons. The minimum atomic E-state index is 0.0764. The number of hydrogen-bond acceptors (Lipinski definition) is 3. The number of rotatable bonds is 3. The Balaban J connectivity index is 2.64. The van der Waals surface area contributed by atoms with Gasteiger partial charge in [0.2, 0.25) is 0 Å². The fourth-order valence-electron chi connectivity index (χ4n) is 0.866. The second kappa shape index (κ2) is 4.97. The van der Waals surface area contributed by atoms with Crippen LogP contribution in [0.25, 0.3) is 0 Å². The average molecular weight is 192 g/mol. The highest BCUT2D eigenvalue weighted by Crippen LogP contribution is 2.21. The van der Waals surface area contributed by atoms with Gasteiger partial charge in [0.25, 0.3) is 0 Å². The zero-order valence-corrected chi connectivity index (χ0v) is 8.14. The van der Waals surface area contributed by atoms with E-state index in [1.165, 1.54) is 18.7 Å². The van der Waals surface area contributed by atoms with Gasteiger partial charge in [-0.15, -0.1) is 0 Å². The standard InChI is InChI=1S/C9H9BO2S/c1-7(11)13-9-4-2-8(3-5-9)12-6-10/h2-5H,6H2,1H3. The lowest BCUT2D eigenvalue weighted by atomic mass is 10.2. The molecule has 0 aliphatic heterocycles. The Morgan fingerprint density at radius 3 is 2.54 bits per heavy atom. The Bertz CT molecular complexity index is 284. The Kier molecular flexibility index (Phi) is 3.89. The smallest absolute Gasteiger partial charge is 0.190 e. The van der Waals surface area contributed by atoms with Crippen molar-refractivity contribution in [2.75, 3.05) is 6.51 Å². The number of ether oxygens (including phenoxy) is 1. The normalized spacial score (nSPS) is 9.62. The highest BCUT2D eigenvalue weighted by atomic mass is 32.2. The van der Waals surface area contributed by atoms with Crippen LogP contribution in [-0.2, 0) is 4.79 Å². The van der Waals surface area contributed by atoms with Crippen molar-refractivity contribution in [1.29, 1.82) is 0 Å². The fraction of sp³-hybridized carbons (Fsp3) is 0.222. The predicted molar refractivity (Wildman–Crippen MR) is 54.2 cm³/mol. The van der Waals surface area contributed by atoms with E-state index >= 15 is 0 Å². The van der Waals surface area contributed by atoms with Crippen LogP contribution in [0.15, 0.2) is 29.2 Å². The fourth-order valence-corrected chi connectivity index (χ4v) is 1.47. The Morgan fingerprint density at radius 2 is 2.08 bits per heavy atom. The number of carbonyl (C=O) groups excluding carboxylic acids is 1. The van der Waals surface area contributed by atoms with Crippen molar-refractivity contribution >= 4 is 24.7 Å². The first kappa shape index (κ1) is 10.2. The van der Waals surface area contributed by atoms with Crippen molar-refractivity contribution in [3.8, 4) is 5.75 Å². The van der Waals surface area contributed by atoms with Crippen LogP contribution in [0.2, 0.25) is 0 Å². The summed E-state index contributed by atoms with van der Waals surface area (Å²) in [7, 11) is 5.20. The molecule has 1 aromatic rings. The van der Waals surface area contributed by atoms with Crippen LogP contribution >= 0.6 is 11.8 Å². The third-order valence-corrected chi connectivity index (χ3v) is 2.13. The lowest BCUT2D eigenvalue weighted by Crippen LogP contribution is -1.94. The molecule has 0 N–H and O–H groups in total. The second-order valence-corrected chi connectivity index (χ2v) is 3.63. The van der Waals surface area contributed by atoms with E-state index in [0.29, 0.717) is 0 Å². The van der Waals surface area contributed by atoms with Crippen LogP contribution in [-0.4, -0.2) is 19.5 Å². The Morgan fingerprint density at radius 1 is 1.46 bits per heavy atom. The third-order valence-electron chi connectivity index (χ3n) is 1.34. The molecule has 13 heavy (non-hydrogen) atoms.